The highest BCUT2D eigenvalue weighted by Gasteiger charge is 2.62. The van der Waals surface area contributed by atoms with Crippen molar-refractivity contribution in [2.75, 3.05) is 19.6 Å². The minimum Gasteiger partial charge on any atom is -0.508 e. The Labute approximate surface area is 215 Å². The number of nitrogens with zero attached hydrogens (tertiary/aromatic N) is 3. The Morgan fingerprint density at radius 1 is 1.14 bits per heavy atom. The van der Waals surface area contributed by atoms with Crippen molar-refractivity contribution in [3.8, 4) is 5.75 Å². The van der Waals surface area contributed by atoms with Crippen LogP contribution in [0.5, 0.6) is 5.75 Å². The minimum atomic E-state index is -1.05. The standard InChI is InChI=1S/C30H41N3O3/c1-21-8-11-25(34)18-26(21)29-12-15-32(19-23-9-10-23)22(2)30(29,36)20-28(3,4)33(16-13-29)27(35)17-24-7-5-6-14-31-24/h5-8,11,14,18,22-23,34,36H,9-10,12-13,15-17,19-20H2,1-4H3. The average molecular weight is 492 g/mol. The summed E-state index contributed by atoms with van der Waals surface area (Å²) in [6, 6.07) is 11.2. The second-order valence-electron chi connectivity index (χ2n) is 12.2. The van der Waals surface area contributed by atoms with Crippen molar-refractivity contribution in [1.29, 1.82) is 0 Å². The van der Waals surface area contributed by atoms with Crippen molar-refractivity contribution in [3.05, 3.63) is 59.4 Å². The molecule has 1 aromatic heterocycles. The molecule has 36 heavy (non-hydrogen) atoms. The van der Waals surface area contributed by atoms with Crippen molar-refractivity contribution in [1.82, 2.24) is 14.8 Å². The zero-order chi connectivity index (χ0) is 25.7. The third-order valence-corrected chi connectivity index (χ3v) is 9.37. The fraction of sp³-hybridized carbons (Fsp3) is 0.600. The van der Waals surface area contributed by atoms with Crippen molar-refractivity contribution in [3.63, 3.8) is 0 Å². The van der Waals surface area contributed by atoms with Crippen LogP contribution < -0.4 is 0 Å². The van der Waals surface area contributed by atoms with Crippen molar-refractivity contribution in [2.24, 2.45) is 5.92 Å². The van der Waals surface area contributed by atoms with Gasteiger partial charge in [-0.25, -0.2) is 0 Å². The highest BCUT2D eigenvalue weighted by Crippen LogP contribution is 2.55. The van der Waals surface area contributed by atoms with Gasteiger partial charge in [0.2, 0.25) is 5.91 Å². The molecule has 1 aliphatic carbocycles. The average Bonchev–Trinajstić information content (AvgIpc) is 3.65. The van der Waals surface area contributed by atoms with Gasteiger partial charge < -0.3 is 15.1 Å². The number of piperidine rings is 1. The molecule has 3 aliphatic rings. The molecule has 2 N–H and O–H groups in total. The van der Waals surface area contributed by atoms with Crippen molar-refractivity contribution < 1.29 is 15.0 Å². The number of hydrogen-bond donors (Lipinski definition) is 2. The van der Waals surface area contributed by atoms with Crippen LogP contribution in [0.15, 0.2) is 42.6 Å². The highest BCUT2D eigenvalue weighted by molar-refractivity contribution is 5.79. The largest absolute Gasteiger partial charge is 0.508 e. The summed E-state index contributed by atoms with van der Waals surface area (Å²) in [5, 5.41) is 23.4. The van der Waals surface area contributed by atoms with E-state index < -0.39 is 16.6 Å². The van der Waals surface area contributed by atoms with Crippen LogP contribution in [0.4, 0.5) is 0 Å². The molecule has 1 saturated carbocycles. The van der Waals surface area contributed by atoms with E-state index in [1.165, 1.54) is 12.8 Å². The molecule has 0 bridgehead atoms. The predicted molar refractivity (Wildman–Crippen MR) is 141 cm³/mol. The third kappa shape index (κ3) is 4.32. The van der Waals surface area contributed by atoms with E-state index >= 15 is 0 Å². The van der Waals surface area contributed by atoms with Crippen molar-refractivity contribution >= 4 is 5.91 Å². The number of fused-ring (bicyclic) bond motifs is 1. The Morgan fingerprint density at radius 3 is 2.58 bits per heavy atom. The Morgan fingerprint density at radius 2 is 1.89 bits per heavy atom. The van der Waals surface area contributed by atoms with E-state index in [1.807, 2.05) is 35.2 Å². The summed E-state index contributed by atoms with van der Waals surface area (Å²) in [5.74, 6) is 1.01. The summed E-state index contributed by atoms with van der Waals surface area (Å²) >= 11 is 0. The first-order chi connectivity index (χ1) is 17.1. The summed E-state index contributed by atoms with van der Waals surface area (Å²) < 4.78 is 0. The van der Waals surface area contributed by atoms with Crippen LogP contribution in [0.2, 0.25) is 0 Å². The van der Waals surface area contributed by atoms with Crippen molar-refractivity contribution in [2.45, 2.75) is 88.8 Å². The maximum absolute atomic E-state index is 13.7. The van der Waals surface area contributed by atoms with E-state index in [4.69, 9.17) is 0 Å². The molecule has 3 unspecified atom stereocenters. The molecule has 3 fully saturated rings. The van der Waals surface area contributed by atoms with E-state index in [9.17, 15) is 15.0 Å². The highest BCUT2D eigenvalue weighted by atomic mass is 16.3. The number of carbonyl (C=O) groups excluding carboxylic acids is 1. The first-order valence-electron chi connectivity index (χ1n) is 13.5. The summed E-state index contributed by atoms with van der Waals surface area (Å²) in [6.45, 7) is 10.9. The lowest BCUT2D eigenvalue weighted by Gasteiger charge is -2.58. The number of phenols is 1. The second kappa shape index (κ2) is 9.14. The molecule has 5 rings (SSSR count). The van der Waals surface area contributed by atoms with Gasteiger partial charge in [0, 0.05) is 48.4 Å². The number of phenolic OH excluding ortho intramolecular Hbond substituents is 1. The fourth-order valence-electron chi connectivity index (χ4n) is 7.19. The van der Waals surface area contributed by atoms with Gasteiger partial charge in [0.05, 0.1) is 12.0 Å². The molecule has 6 nitrogen and oxygen atoms in total. The molecular formula is C30H41N3O3. The number of pyridine rings is 1. The van der Waals surface area contributed by atoms with Gasteiger partial charge in [-0.05, 0) is 101 Å². The van der Waals surface area contributed by atoms with Crippen LogP contribution in [0.3, 0.4) is 0 Å². The number of amides is 1. The normalized spacial score (nSPS) is 30.5. The summed E-state index contributed by atoms with van der Waals surface area (Å²) in [5.41, 5.74) is 0.734. The maximum Gasteiger partial charge on any atom is 0.229 e. The molecule has 0 spiro atoms. The lowest BCUT2D eigenvalue weighted by molar-refractivity contribution is -0.150. The molecule has 6 heteroatoms. The monoisotopic (exact) mass is 491 g/mol. The fourth-order valence-corrected chi connectivity index (χ4v) is 7.19. The smallest absolute Gasteiger partial charge is 0.229 e. The molecule has 0 radical (unpaired) electrons. The molecule has 2 aromatic rings. The number of benzene rings is 1. The van der Waals surface area contributed by atoms with Crippen LogP contribution in [-0.2, 0) is 16.6 Å². The topological polar surface area (TPSA) is 76.9 Å². The molecule has 3 heterocycles. The summed E-state index contributed by atoms with van der Waals surface area (Å²) in [7, 11) is 0. The molecule has 194 valence electrons. The van der Waals surface area contributed by atoms with E-state index in [2.05, 4.69) is 37.6 Å². The second-order valence-corrected chi connectivity index (χ2v) is 12.2. The number of likely N-dealkylation sites (tertiary alicyclic amines) is 2. The zero-order valence-corrected chi connectivity index (χ0v) is 22.2. The predicted octanol–water partition coefficient (Wildman–Crippen LogP) is 4.21. The van der Waals surface area contributed by atoms with Crippen LogP contribution in [0.25, 0.3) is 0 Å². The molecular weight excluding hydrogens is 450 g/mol. The lowest BCUT2D eigenvalue weighted by Crippen LogP contribution is -2.69. The van der Waals surface area contributed by atoms with Crippen LogP contribution in [0, 0.1) is 12.8 Å². The first-order valence-corrected chi connectivity index (χ1v) is 13.5. The Hall–Kier alpha value is -2.44. The minimum absolute atomic E-state index is 0.0474. The van der Waals surface area contributed by atoms with E-state index in [1.54, 1.807) is 12.3 Å². The number of aryl methyl sites for hydroxylation is 1. The molecule has 3 atom stereocenters. The number of aromatic nitrogens is 1. The van der Waals surface area contributed by atoms with E-state index in [0.717, 1.165) is 42.2 Å². The van der Waals surface area contributed by atoms with Gasteiger partial charge in [-0.15, -0.1) is 0 Å². The quantitative estimate of drug-likeness (QED) is 0.655. The Kier molecular flexibility index (Phi) is 6.40. The first kappa shape index (κ1) is 25.2. The van der Waals surface area contributed by atoms with Gasteiger partial charge in [0.25, 0.3) is 0 Å². The zero-order valence-electron chi connectivity index (χ0n) is 22.2. The number of rotatable bonds is 5. The number of carbonyl (C=O) groups is 1. The lowest BCUT2D eigenvalue weighted by atomic mass is 9.55. The molecule has 1 aromatic carbocycles. The molecule has 2 aliphatic heterocycles. The van der Waals surface area contributed by atoms with E-state index in [-0.39, 0.29) is 24.1 Å². The summed E-state index contributed by atoms with van der Waals surface area (Å²) in [6.07, 6.45) is 6.48. The van der Waals surface area contributed by atoms with Gasteiger partial charge in [0.15, 0.2) is 0 Å². The number of aromatic hydroxyl groups is 1. The van der Waals surface area contributed by atoms with Crippen LogP contribution in [-0.4, -0.2) is 67.7 Å². The third-order valence-electron chi connectivity index (χ3n) is 9.37. The Bertz CT molecular complexity index is 1120. The molecule has 2 saturated heterocycles. The summed E-state index contributed by atoms with van der Waals surface area (Å²) in [4.78, 5) is 22.5. The van der Waals surface area contributed by atoms with Crippen LogP contribution >= 0.6 is 0 Å². The Balaban J connectivity index is 1.56. The van der Waals surface area contributed by atoms with Gasteiger partial charge in [0.1, 0.15) is 5.75 Å². The number of hydrogen-bond acceptors (Lipinski definition) is 5. The molecule has 1 amide bonds. The van der Waals surface area contributed by atoms with Gasteiger partial charge in [-0.3, -0.25) is 14.7 Å². The maximum atomic E-state index is 13.7. The van der Waals surface area contributed by atoms with Gasteiger partial charge >= 0.3 is 0 Å². The van der Waals surface area contributed by atoms with Crippen LogP contribution in [0.1, 0.15) is 69.7 Å². The number of aliphatic hydroxyl groups is 1. The van der Waals surface area contributed by atoms with Gasteiger partial charge in [-0.1, -0.05) is 12.1 Å². The van der Waals surface area contributed by atoms with E-state index in [0.29, 0.717) is 19.4 Å². The van der Waals surface area contributed by atoms with Gasteiger partial charge in [-0.2, -0.15) is 0 Å². The SMILES string of the molecule is Cc1ccc(O)cc1C12CCN(CC3CC3)C(C)C1(O)CC(C)(C)N(C(=O)Cc1ccccn1)CC2.